The van der Waals surface area contributed by atoms with E-state index < -0.39 is 27.6 Å². The maximum atomic E-state index is 14.7. The minimum Gasteiger partial charge on any atom is -0.489 e. The molecule has 0 fully saturated rings. The molecule has 0 saturated carbocycles. The van der Waals surface area contributed by atoms with Crippen LogP contribution in [0.2, 0.25) is 0 Å². The lowest BCUT2D eigenvalue weighted by Gasteiger charge is -2.21. The first-order chi connectivity index (χ1) is 17.0. The van der Waals surface area contributed by atoms with Crippen LogP contribution in [0.15, 0.2) is 53.9 Å². The summed E-state index contributed by atoms with van der Waals surface area (Å²) >= 11 is 0. The normalized spacial score (nSPS) is 17.8. The van der Waals surface area contributed by atoms with Gasteiger partial charge in [0.1, 0.15) is 6.61 Å². The molecule has 12 heteroatoms. The van der Waals surface area contributed by atoms with E-state index in [1.165, 1.54) is 29.2 Å². The molecule has 2 N–H and O–H groups in total. The van der Waals surface area contributed by atoms with Crippen LogP contribution in [-0.2, 0) is 36.1 Å². The number of rotatable bonds is 9. The molecule has 0 spiro atoms. The second-order valence-corrected chi connectivity index (χ2v) is 10.4. The van der Waals surface area contributed by atoms with Crippen molar-refractivity contribution in [1.82, 2.24) is 19.6 Å². The smallest absolute Gasteiger partial charge is 0.416 e. The molecule has 2 unspecified atom stereocenters. The van der Waals surface area contributed by atoms with Gasteiger partial charge in [-0.05, 0) is 54.8 Å². The van der Waals surface area contributed by atoms with Crippen LogP contribution in [0.1, 0.15) is 28.2 Å². The molecule has 0 aliphatic heterocycles. The standard InChI is InChI=1S/C24H26F4N4O3S/c1-29-21-11-16-10-20(25)22(35-7-6-31-36(33,34)23-13-32(2)14-30-23)12-18(16)19(21)9-15-4-3-5-17(8-15)24(26,27)28/h3-5,8,10,12-14,19,21,29,31H,6-7,9,11H2,1-2H3. The topological polar surface area (TPSA) is 85.3 Å². The van der Waals surface area contributed by atoms with Crippen molar-refractivity contribution in [3.8, 4) is 5.75 Å². The van der Waals surface area contributed by atoms with Gasteiger partial charge in [-0.2, -0.15) is 13.2 Å². The third-order valence-corrected chi connectivity index (χ3v) is 7.55. The van der Waals surface area contributed by atoms with Crippen molar-refractivity contribution in [1.29, 1.82) is 0 Å². The van der Waals surface area contributed by atoms with E-state index >= 15 is 0 Å². The van der Waals surface area contributed by atoms with Crippen molar-refractivity contribution in [3.05, 3.63) is 77.0 Å². The summed E-state index contributed by atoms with van der Waals surface area (Å²) in [7, 11) is -0.421. The highest BCUT2D eigenvalue weighted by Gasteiger charge is 2.34. The highest BCUT2D eigenvalue weighted by atomic mass is 32.2. The zero-order valence-corrected chi connectivity index (χ0v) is 20.5. The third-order valence-electron chi connectivity index (χ3n) is 6.21. The van der Waals surface area contributed by atoms with Crippen molar-refractivity contribution in [2.24, 2.45) is 7.05 Å². The van der Waals surface area contributed by atoms with Gasteiger partial charge in [-0.3, -0.25) is 0 Å². The summed E-state index contributed by atoms with van der Waals surface area (Å²) in [5, 5.41) is 3.05. The van der Waals surface area contributed by atoms with Crippen LogP contribution < -0.4 is 14.8 Å². The Labute approximate surface area is 206 Å². The molecule has 36 heavy (non-hydrogen) atoms. The maximum absolute atomic E-state index is 14.7. The van der Waals surface area contributed by atoms with Gasteiger partial charge in [-0.1, -0.05) is 18.2 Å². The number of halogens is 4. The highest BCUT2D eigenvalue weighted by molar-refractivity contribution is 7.89. The number of imidazole rings is 1. The maximum Gasteiger partial charge on any atom is 0.416 e. The first-order valence-corrected chi connectivity index (χ1v) is 12.7. The van der Waals surface area contributed by atoms with Crippen LogP contribution in [0.3, 0.4) is 0 Å². The van der Waals surface area contributed by atoms with Gasteiger partial charge in [0.25, 0.3) is 10.0 Å². The van der Waals surface area contributed by atoms with E-state index in [0.717, 1.165) is 23.3 Å². The summed E-state index contributed by atoms with van der Waals surface area (Å²) < 4.78 is 88.1. The molecule has 0 bridgehead atoms. The largest absolute Gasteiger partial charge is 0.489 e. The van der Waals surface area contributed by atoms with Crippen LogP contribution in [0.4, 0.5) is 17.6 Å². The van der Waals surface area contributed by atoms with Crippen LogP contribution in [0.25, 0.3) is 0 Å². The van der Waals surface area contributed by atoms with E-state index in [-0.39, 0.29) is 35.9 Å². The number of sulfonamides is 1. The second-order valence-electron chi connectivity index (χ2n) is 8.71. The minimum atomic E-state index is -4.44. The number of aryl methyl sites for hydroxylation is 1. The number of nitrogens with one attached hydrogen (secondary N) is 2. The van der Waals surface area contributed by atoms with Crippen LogP contribution in [-0.4, -0.2) is 44.2 Å². The van der Waals surface area contributed by atoms with Gasteiger partial charge in [0.05, 0.1) is 11.9 Å². The number of nitrogens with zero attached hydrogens (tertiary/aromatic N) is 2. The molecule has 0 saturated heterocycles. The fourth-order valence-electron chi connectivity index (χ4n) is 4.46. The molecule has 0 radical (unpaired) electrons. The van der Waals surface area contributed by atoms with E-state index in [0.29, 0.717) is 18.4 Å². The number of fused-ring (bicyclic) bond motifs is 1. The lowest BCUT2D eigenvalue weighted by molar-refractivity contribution is -0.137. The summed E-state index contributed by atoms with van der Waals surface area (Å²) in [6.45, 7) is -0.238. The molecule has 4 rings (SSSR count). The molecule has 7 nitrogen and oxygen atoms in total. The van der Waals surface area contributed by atoms with Gasteiger partial charge >= 0.3 is 6.18 Å². The molecule has 1 aliphatic carbocycles. The van der Waals surface area contributed by atoms with E-state index in [1.807, 2.05) is 0 Å². The molecule has 2 aromatic carbocycles. The molecule has 3 aromatic rings. The number of hydrogen-bond donors (Lipinski definition) is 2. The first kappa shape index (κ1) is 26.1. The average molecular weight is 527 g/mol. The zero-order valence-electron chi connectivity index (χ0n) is 19.6. The van der Waals surface area contributed by atoms with Crippen LogP contribution in [0, 0.1) is 5.82 Å². The van der Waals surface area contributed by atoms with Crippen LogP contribution >= 0.6 is 0 Å². The predicted octanol–water partition coefficient (Wildman–Crippen LogP) is 3.41. The minimum absolute atomic E-state index is 0.0448. The van der Waals surface area contributed by atoms with Crippen molar-refractivity contribution < 1.29 is 30.7 Å². The Bertz CT molecular complexity index is 1340. The predicted molar refractivity (Wildman–Crippen MR) is 125 cm³/mol. The zero-order chi connectivity index (χ0) is 26.1. The quantitative estimate of drug-likeness (QED) is 0.330. The van der Waals surface area contributed by atoms with Crippen molar-refractivity contribution in [2.45, 2.75) is 36.0 Å². The molecule has 1 aliphatic rings. The van der Waals surface area contributed by atoms with Gasteiger partial charge in [0.2, 0.25) is 0 Å². The van der Waals surface area contributed by atoms with Crippen LogP contribution in [0.5, 0.6) is 5.75 Å². The summed E-state index contributed by atoms with van der Waals surface area (Å²) in [6.07, 6.45) is -0.868. The van der Waals surface area contributed by atoms with E-state index in [4.69, 9.17) is 4.74 Å². The number of aromatic nitrogens is 2. The summed E-state index contributed by atoms with van der Waals surface area (Å²) in [4.78, 5) is 3.80. The lowest BCUT2D eigenvalue weighted by Crippen LogP contribution is -2.30. The van der Waals surface area contributed by atoms with E-state index in [1.54, 1.807) is 26.2 Å². The average Bonchev–Trinajstić information content (AvgIpc) is 3.40. The van der Waals surface area contributed by atoms with Crippen molar-refractivity contribution >= 4 is 10.0 Å². The molecule has 0 amide bonds. The van der Waals surface area contributed by atoms with Gasteiger partial charge in [0.15, 0.2) is 16.6 Å². The number of hydrogen-bond acceptors (Lipinski definition) is 5. The Balaban J connectivity index is 1.47. The number of alkyl halides is 3. The molecular formula is C24H26F4N4O3S. The number of benzene rings is 2. The number of likely N-dealkylation sites (N-methyl/N-ethyl adjacent to an activating group) is 1. The van der Waals surface area contributed by atoms with E-state index in [9.17, 15) is 26.0 Å². The molecular weight excluding hydrogens is 500 g/mol. The van der Waals surface area contributed by atoms with Gasteiger partial charge in [-0.15, -0.1) is 0 Å². The van der Waals surface area contributed by atoms with Gasteiger partial charge < -0.3 is 14.6 Å². The van der Waals surface area contributed by atoms with E-state index in [2.05, 4.69) is 15.0 Å². The second kappa shape index (κ2) is 10.2. The summed E-state index contributed by atoms with van der Waals surface area (Å²) in [5.74, 6) is -0.827. The summed E-state index contributed by atoms with van der Waals surface area (Å²) in [6, 6.07) is 8.05. The monoisotopic (exact) mass is 526 g/mol. The third kappa shape index (κ3) is 5.71. The molecule has 1 heterocycles. The Morgan fingerprint density at radius 3 is 2.67 bits per heavy atom. The Hall–Kier alpha value is -2.96. The first-order valence-electron chi connectivity index (χ1n) is 11.2. The Kier molecular flexibility index (Phi) is 7.39. The lowest BCUT2D eigenvalue weighted by atomic mass is 9.90. The molecule has 2 atom stereocenters. The Morgan fingerprint density at radius 1 is 1.22 bits per heavy atom. The van der Waals surface area contributed by atoms with Gasteiger partial charge in [-0.25, -0.2) is 22.5 Å². The fraction of sp³-hybridized carbons (Fsp3) is 0.375. The SMILES string of the molecule is CNC1Cc2cc(F)c(OCCNS(=O)(=O)c3cn(C)cn3)cc2C1Cc1cccc(C(F)(F)F)c1. The highest BCUT2D eigenvalue weighted by Crippen LogP contribution is 2.40. The van der Waals surface area contributed by atoms with Crippen molar-refractivity contribution in [2.75, 3.05) is 20.2 Å². The van der Waals surface area contributed by atoms with Crippen molar-refractivity contribution in [3.63, 3.8) is 0 Å². The summed E-state index contributed by atoms with van der Waals surface area (Å²) in [5.41, 5.74) is 1.36. The van der Waals surface area contributed by atoms with Gasteiger partial charge in [0, 0.05) is 31.7 Å². The molecule has 194 valence electrons. The number of ether oxygens (including phenoxy) is 1. The Morgan fingerprint density at radius 2 is 2.00 bits per heavy atom. The molecule has 1 aromatic heterocycles. The fourth-order valence-corrected chi connectivity index (χ4v) is 5.45.